The highest BCUT2D eigenvalue weighted by Gasteiger charge is 2.11. The Morgan fingerprint density at radius 3 is 2.65 bits per heavy atom. The molecule has 2 aromatic rings. The summed E-state index contributed by atoms with van der Waals surface area (Å²) in [4.78, 5) is 18.9. The Labute approximate surface area is 103 Å². The van der Waals surface area contributed by atoms with Crippen molar-refractivity contribution in [2.75, 3.05) is 0 Å². The van der Waals surface area contributed by atoms with Gasteiger partial charge in [0.2, 0.25) is 0 Å². The molecule has 2 rings (SSSR count). The first-order valence-corrected chi connectivity index (χ1v) is 5.29. The minimum atomic E-state index is -1.08. The molecule has 0 atom stereocenters. The summed E-state index contributed by atoms with van der Waals surface area (Å²) in [6.07, 6.45) is 0. The van der Waals surface area contributed by atoms with Crippen molar-refractivity contribution < 1.29 is 9.90 Å². The van der Waals surface area contributed by atoms with Crippen molar-refractivity contribution in [2.24, 2.45) is 0 Å². The number of carboxylic acid groups (broad SMARTS) is 1. The normalized spacial score (nSPS) is 10.2. The largest absolute Gasteiger partial charge is 0.477 e. The number of carboxylic acids is 1. The zero-order valence-corrected chi connectivity index (χ0v) is 9.77. The number of rotatable bonds is 2. The van der Waals surface area contributed by atoms with E-state index < -0.39 is 5.97 Å². The fourth-order valence-corrected chi connectivity index (χ4v) is 1.72. The highest BCUT2D eigenvalue weighted by Crippen LogP contribution is 2.26. The van der Waals surface area contributed by atoms with Crippen molar-refractivity contribution in [2.45, 2.75) is 6.92 Å². The minimum Gasteiger partial charge on any atom is -0.477 e. The van der Waals surface area contributed by atoms with Crippen LogP contribution < -0.4 is 0 Å². The second-order valence-corrected chi connectivity index (χ2v) is 3.88. The summed E-state index contributed by atoms with van der Waals surface area (Å²) < 4.78 is 0. The average molecular weight is 249 g/mol. The molecule has 86 valence electrons. The number of carbonyl (C=O) groups is 1. The molecule has 0 aliphatic heterocycles. The molecular weight excluding hydrogens is 240 g/mol. The number of hydrogen-bond acceptors (Lipinski definition) is 3. The molecule has 0 amide bonds. The van der Waals surface area contributed by atoms with Crippen LogP contribution in [0.2, 0.25) is 5.02 Å². The Morgan fingerprint density at radius 2 is 2.00 bits per heavy atom. The van der Waals surface area contributed by atoms with E-state index >= 15 is 0 Å². The van der Waals surface area contributed by atoms with Gasteiger partial charge in [-0.05, 0) is 19.1 Å². The maximum absolute atomic E-state index is 10.9. The van der Waals surface area contributed by atoms with E-state index in [1.54, 1.807) is 25.1 Å². The maximum Gasteiger partial charge on any atom is 0.354 e. The number of aryl methyl sites for hydroxylation is 1. The summed E-state index contributed by atoms with van der Waals surface area (Å²) in [7, 11) is 0. The summed E-state index contributed by atoms with van der Waals surface area (Å²) in [6, 6.07) is 8.55. The highest BCUT2D eigenvalue weighted by atomic mass is 35.5. The molecule has 1 heterocycles. The lowest BCUT2D eigenvalue weighted by Crippen LogP contribution is -2.04. The molecule has 1 N–H and O–H groups in total. The molecule has 1 aromatic carbocycles. The number of nitrogens with zero attached hydrogens (tertiary/aromatic N) is 2. The molecule has 0 fully saturated rings. The molecule has 4 nitrogen and oxygen atoms in total. The van der Waals surface area contributed by atoms with E-state index in [-0.39, 0.29) is 5.69 Å². The van der Waals surface area contributed by atoms with Gasteiger partial charge in [-0.1, -0.05) is 29.8 Å². The zero-order valence-electron chi connectivity index (χ0n) is 9.01. The van der Waals surface area contributed by atoms with Crippen LogP contribution in [0.3, 0.4) is 0 Å². The van der Waals surface area contributed by atoms with Gasteiger partial charge in [-0.25, -0.2) is 14.8 Å². The van der Waals surface area contributed by atoms with Crippen molar-refractivity contribution in [1.29, 1.82) is 0 Å². The molecule has 17 heavy (non-hydrogen) atoms. The summed E-state index contributed by atoms with van der Waals surface area (Å²) in [6.45, 7) is 1.65. The Balaban J connectivity index is 2.60. The first-order valence-electron chi connectivity index (χ1n) is 4.92. The smallest absolute Gasteiger partial charge is 0.354 e. The zero-order chi connectivity index (χ0) is 12.4. The average Bonchev–Trinajstić information content (AvgIpc) is 2.28. The number of aromatic carboxylic acids is 1. The molecule has 0 bridgehead atoms. The van der Waals surface area contributed by atoms with Crippen molar-refractivity contribution >= 4 is 17.6 Å². The van der Waals surface area contributed by atoms with Gasteiger partial charge in [0.1, 0.15) is 5.82 Å². The fourth-order valence-electron chi connectivity index (χ4n) is 1.48. The lowest BCUT2D eigenvalue weighted by Gasteiger charge is -2.05. The Kier molecular flexibility index (Phi) is 3.06. The van der Waals surface area contributed by atoms with Gasteiger partial charge >= 0.3 is 5.97 Å². The SMILES string of the molecule is Cc1nc(C(=O)O)cc(-c2ccccc2Cl)n1. The predicted molar refractivity (Wildman–Crippen MR) is 64.2 cm³/mol. The van der Waals surface area contributed by atoms with Crippen molar-refractivity contribution in [3.63, 3.8) is 0 Å². The standard InChI is InChI=1S/C12H9ClN2O2/c1-7-14-10(6-11(15-7)12(16)17)8-4-2-3-5-9(8)13/h2-6H,1H3,(H,16,17). The van der Waals surface area contributed by atoms with Gasteiger partial charge in [0.05, 0.1) is 5.69 Å². The summed E-state index contributed by atoms with van der Waals surface area (Å²) in [5.74, 6) is -0.677. The van der Waals surface area contributed by atoms with Crippen LogP contribution in [-0.4, -0.2) is 21.0 Å². The first-order chi connectivity index (χ1) is 8.08. The fraction of sp³-hybridized carbons (Fsp3) is 0.0833. The summed E-state index contributed by atoms with van der Waals surface area (Å²) in [5, 5.41) is 9.46. The number of benzene rings is 1. The van der Waals surface area contributed by atoms with Gasteiger partial charge in [0.15, 0.2) is 5.69 Å². The van der Waals surface area contributed by atoms with Crippen LogP contribution in [0.4, 0.5) is 0 Å². The van der Waals surface area contributed by atoms with E-state index in [4.69, 9.17) is 16.7 Å². The van der Waals surface area contributed by atoms with Gasteiger partial charge in [-0.2, -0.15) is 0 Å². The first kappa shape index (κ1) is 11.5. The number of hydrogen-bond donors (Lipinski definition) is 1. The van der Waals surface area contributed by atoms with Crippen LogP contribution in [0.5, 0.6) is 0 Å². The van der Waals surface area contributed by atoms with Crippen LogP contribution in [0.15, 0.2) is 30.3 Å². The van der Waals surface area contributed by atoms with Crippen LogP contribution in [-0.2, 0) is 0 Å². The second-order valence-electron chi connectivity index (χ2n) is 3.47. The van der Waals surface area contributed by atoms with E-state index in [0.29, 0.717) is 22.1 Å². The summed E-state index contributed by atoms with van der Waals surface area (Å²) >= 11 is 6.04. The minimum absolute atomic E-state index is 0.0348. The van der Waals surface area contributed by atoms with Crippen LogP contribution in [0.1, 0.15) is 16.3 Å². The Morgan fingerprint density at radius 1 is 1.29 bits per heavy atom. The van der Waals surface area contributed by atoms with Gasteiger partial charge in [-0.3, -0.25) is 0 Å². The topological polar surface area (TPSA) is 63.1 Å². The van der Waals surface area contributed by atoms with E-state index in [2.05, 4.69) is 9.97 Å². The third kappa shape index (κ3) is 2.42. The van der Waals surface area contributed by atoms with Crippen molar-refractivity contribution in [3.05, 3.63) is 46.9 Å². The molecule has 0 saturated heterocycles. The van der Waals surface area contributed by atoms with E-state index in [1.807, 2.05) is 6.07 Å². The molecule has 0 spiro atoms. The number of halogens is 1. The van der Waals surface area contributed by atoms with E-state index in [0.717, 1.165) is 0 Å². The van der Waals surface area contributed by atoms with E-state index in [9.17, 15) is 4.79 Å². The Hall–Kier alpha value is -1.94. The second kappa shape index (κ2) is 4.51. The van der Waals surface area contributed by atoms with Gasteiger partial charge in [0.25, 0.3) is 0 Å². The molecule has 5 heteroatoms. The van der Waals surface area contributed by atoms with E-state index in [1.165, 1.54) is 6.07 Å². The molecule has 0 saturated carbocycles. The third-order valence-corrected chi connectivity index (χ3v) is 2.54. The van der Waals surface area contributed by atoms with Gasteiger partial charge in [0, 0.05) is 10.6 Å². The predicted octanol–water partition coefficient (Wildman–Crippen LogP) is 2.80. The number of aromatic nitrogens is 2. The Bertz CT molecular complexity index is 584. The lowest BCUT2D eigenvalue weighted by atomic mass is 10.1. The van der Waals surface area contributed by atoms with Crippen molar-refractivity contribution in [3.8, 4) is 11.3 Å². The van der Waals surface area contributed by atoms with Crippen molar-refractivity contribution in [1.82, 2.24) is 9.97 Å². The van der Waals surface area contributed by atoms with Crippen LogP contribution >= 0.6 is 11.6 Å². The lowest BCUT2D eigenvalue weighted by molar-refractivity contribution is 0.0690. The molecule has 0 aliphatic rings. The molecule has 0 unspecified atom stereocenters. The molecular formula is C12H9ClN2O2. The van der Waals surface area contributed by atoms with Crippen LogP contribution in [0, 0.1) is 6.92 Å². The third-order valence-electron chi connectivity index (χ3n) is 2.21. The molecule has 0 radical (unpaired) electrons. The van der Waals surface area contributed by atoms with Gasteiger partial charge < -0.3 is 5.11 Å². The summed E-state index contributed by atoms with van der Waals surface area (Å²) in [5.41, 5.74) is 1.18. The monoisotopic (exact) mass is 248 g/mol. The maximum atomic E-state index is 10.9. The highest BCUT2D eigenvalue weighted by molar-refractivity contribution is 6.33. The molecule has 1 aromatic heterocycles. The molecule has 0 aliphatic carbocycles. The van der Waals surface area contributed by atoms with Gasteiger partial charge in [-0.15, -0.1) is 0 Å². The van der Waals surface area contributed by atoms with Crippen LogP contribution in [0.25, 0.3) is 11.3 Å². The quantitative estimate of drug-likeness (QED) is 0.888.